The van der Waals surface area contributed by atoms with Crippen LogP contribution in [0.15, 0.2) is 11.6 Å². The van der Waals surface area contributed by atoms with E-state index in [0.29, 0.717) is 52.6 Å². The second kappa shape index (κ2) is 18.7. The number of carbonyl (C=O) groups excluding carboxylic acids is 4. The van der Waals surface area contributed by atoms with Crippen LogP contribution in [0, 0.1) is 0 Å². The van der Waals surface area contributed by atoms with E-state index >= 15 is 0 Å². The topological polar surface area (TPSA) is 130 Å². The lowest BCUT2D eigenvalue weighted by molar-refractivity contribution is -0.157. The van der Waals surface area contributed by atoms with E-state index in [2.05, 4.69) is 0 Å². The first-order valence-corrected chi connectivity index (χ1v) is 11.3. The zero-order valence-electron chi connectivity index (χ0n) is 21.9. The molecule has 0 rings (SSSR count). The SMILES string of the molecule is COCCN(CCOC)C(=O)[C@H](C)OC(=O)/C=C(\C)C(=O)O[C@@H](C)C(=O)N(CCOC)CCOC. The van der Waals surface area contributed by atoms with Gasteiger partial charge in [-0.1, -0.05) is 0 Å². The number of carbonyl (C=O) groups is 4. The third-order valence-electron chi connectivity index (χ3n) is 4.81. The maximum Gasteiger partial charge on any atom is 0.334 e. The predicted octanol–water partition coefficient (Wildman–Crippen LogP) is 0.0389. The van der Waals surface area contributed by atoms with Crippen molar-refractivity contribution in [2.75, 3.05) is 81.0 Å². The zero-order valence-corrected chi connectivity index (χ0v) is 21.9. The lowest BCUT2D eigenvalue weighted by atomic mass is 10.2. The molecule has 0 aromatic rings. The number of rotatable bonds is 18. The van der Waals surface area contributed by atoms with Gasteiger partial charge >= 0.3 is 11.9 Å². The van der Waals surface area contributed by atoms with Crippen molar-refractivity contribution in [3.8, 4) is 0 Å². The van der Waals surface area contributed by atoms with Gasteiger partial charge in [0.25, 0.3) is 11.8 Å². The molecule has 0 unspecified atom stereocenters. The average molecular weight is 505 g/mol. The lowest BCUT2D eigenvalue weighted by Crippen LogP contribution is -2.43. The summed E-state index contributed by atoms with van der Waals surface area (Å²) in [5.74, 6) is -2.59. The molecule has 0 spiro atoms. The molecule has 0 aliphatic carbocycles. The van der Waals surface area contributed by atoms with Crippen LogP contribution in [0.1, 0.15) is 20.8 Å². The van der Waals surface area contributed by atoms with Crippen LogP contribution in [-0.4, -0.2) is 127 Å². The van der Waals surface area contributed by atoms with E-state index in [1.807, 2.05) is 0 Å². The summed E-state index contributed by atoms with van der Waals surface area (Å²) in [6.45, 7) is 6.69. The Morgan fingerprint density at radius 3 is 1.34 bits per heavy atom. The fourth-order valence-electron chi connectivity index (χ4n) is 2.78. The van der Waals surface area contributed by atoms with Gasteiger partial charge in [-0.2, -0.15) is 0 Å². The zero-order chi connectivity index (χ0) is 26.8. The first kappa shape index (κ1) is 32.5. The summed E-state index contributed by atoms with van der Waals surface area (Å²) in [6, 6.07) is 0. The Morgan fingerprint density at radius 1 is 0.657 bits per heavy atom. The fourth-order valence-corrected chi connectivity index (χ4v) is 2.78. The Labute approximate surface area is 207 Å². The van der Waals surface area contributed by atoms with Crippen LogP contribution in [-0.2, 0) is 47.6 Å². The molecule has 2 atom stereocenters. The van der Waals surface area contributed by atoms with Gasteiger partial charge in [-0.25, -0.2) is 9.59 Å². The highest BCUT2D eigenvalue weighted by Gasteiger charge is 2.26. The van der Waals surface area contributed by atoms with Gasteiger partial charge in [0, 0.05) is 66.3 Å². The summed E-state index contributed by atoms with van der Waals surface area (Å²) in [6.07, 6.45) is -1.26. The smallest absolute Gasteiger partial charge is 0.334 e. The van der Waals surface area contributed by atoms with E-state index in [1.165, 1.54) is 59.0 Å². The Kier molecular flexibility index (Phi) is 17.4. The first-order chi connectivity index (χ1) is 16.6. The standard InChI is InChI=1S/C23H40N2O10/c1-17(23(29)35-19(3)22(28)25(10-14-32-6)11-15-33-7)16-20(26)34-18(2)21(27)24(8-12-30-4)9-13-31-5/h16,18-19H,8-15H2,1-7H3/b17-16+/t18-,19-/m0/s1. The number of amides is 2. The molecular formula is C23H40N2O10. The first-order valence-electron chi connectivity index (χ1n) is 11.3. The molecule has 0 fully saturated rings. The third-order valence-corrected chi connectivity index (χ3v) is 4.81. The second-order valence-corrected chi connectivity index (χ2v) is 7.58. The van der Waals surface area contributed by atoms with Crippen molar-refractivity contribution < 1.29 is 47.6 Å². The third kappa shape index (κ3) is 13.2. The van der Waals surface area contributed by atoms with Crippen molar-refractivity contribution in [1.29, 1.82) is 0 Å². The Morgan fingerprint density at radius 2 is 1.00 bits per heavy atom. The molecule has 12 nitrogen and oxygen atoms in total. The molecule has 202 valence electrons. The van der Waals surface area contributed by atoms with Gasteiger partial charge in [0.2, 0.25) is 0 Å². The van der Waals surface area contributed by atoms with Crippen molar-refractivity contribution in [1.82, 2.24) is 9.80 Å². The van der Waals surface area contributed by atoms with E-state index in [9.17, 15) is 19.2 Å². The van der Waals surface area contributed by atoms with Gasteiger partial charge in [0.05, 0.1) is 26.4 Å². The number of hydrogen-bond acceptors (Lipinski definition) is 10. The van der Waals surface area contributed by atoms with Crippen LogP contribution >= 0.6 is 0 Å². The van der Waals surface area contributed by atoms with E-state index < -0.39 is 36.0 Å². The summed E-state index contributed by atoms with van der Waals surface area (Å²) in [7, 11) is 6.06. The predicted molar refractivity (Wildman–Crippen MR) is 126 cm³/mol. The number of esters is 2. The average Bonchev–Trinajstić information content (AvgIpc) is 2.83. The van der Waals surface area contributed by atoms with Gasteiger partial charge in [-0.3, -0.25) is 9.59 Å². The summed E-state index contributed by atoms with van der Waals surface area (Å²) in [5.41, 5.74) is -0.0785. The maximum absolute atomic E-state index is 12.6. The van der Waals surface area contributed by atoms with Crippen molar-refractivity contribution in [2.24, 2.45) is 0 Å². The monoisotopic (exact) mass is 504 g/mol. The molecule has 0 aliphatic rings. The largest absolute Gasteiger partial charge is 0.449 e. The van der Waals surface area contributed by atoms with Crippen LogP contribution in [0.5, 0.6) is 0 Å². The molecule has 0 heterocycles. The highest BCUT2D eigenvalue weighted by molar-refractivity contribution is 5.97. The van der Waals surface area contributed by atoms with Crippen molar-refractivity contribution in [2.45, 2.75) is 33.0 Å². The molecule has 0 aromatic heterocycles. The molecule has 2 amide bonds. The van der Waals surface area contributed by atoms with Crippen LogP contribution in [0.25, 0.3) is 0 Å². The molecule has 0 saturated heterocycles. The molecule has 0 saturated carbocycles. The highest BCUT2D eigenvalue weighted by Crippen LogP contribution is 2.07. The van der Waals surface area contributed by atoms with Gasteiger partial charge in [0.1, 0.15) is 0 Å². The van der Waals surface area contributed by atoms with E-state index in [4.69, 9.17) is 28.4 Å². The van der Waals surface area contributed by atoms with Crippen molar-refractivity contribution >= 4 is 23.8 Å². The molecule has 0 aromatic carbocycles. The molecule has 0 N–H and O–H groups in total. The van der Waals surface area contributed by atoms with E-state index in [-0.39, 0.29) is 5.57 Å². The molecule has 0 bridgehead atoms. The molecule has 0 aliphatic heterocycles. The van der Waals surface area contributed by atoms with Crippen molar-refractivity contribution in [3.05, 3.63) is 11.6 Å². The number of hydrogen-bond donors (Lipinski definition) is 0. The van der Waals surface area contributed by atoms with Gasteiger partial charge in [-0.05, 0) is 20.8 Å². The minimum absolute atomic E-state index is 0.0785. The molecule has 0 radical (unpaired) electrons. The fraction of sp³-hybridized carbons (Fsp3) is 0.739. The van der Waals surface area contributed by atoms with Crippen LogP contribution in [0.4, 0.5) is 0 Å². The summed E-state index contributed by atoms with van der Waals surface area (Å²) < 4.78 is 30.4. The molecular weight excluding hydrogens is 464 g/mol. The Bertz CT molecular complexity index is 682. The number of ether oxygens (including phenoxy) is 6. The lowest BCUT2D eigenvalue weighted by Gasteiger charge is -2.25. The highest BCUT2D eigenvalue weighted by atomic mass is 16.6. The minimum atomic E-state index is -1.09. The quantitative estimate of drug-likeness (QED) is 0.186. The molecule has 12 heteroatoms. The van der Waals surface area contributed by atoms with Gasteiger partial charge in [-0.15, -0.1) is 0 Å². The van der Waals surface area contributed by atoms with E-state index in [0.717, 1.165) is 6.08 Å². The van der Waals surface area contributed by atoms with Gasteiger partial charge < -0.3 is 38.2 Å². The minimum Gasteiger partial charge on any atom is -0.449 e. The van der Waals surface area contributed by atoms with Crippen LogP contribution < -0.4 is 0 Å². The van der Waals surface area contributed by atoms with Crippen LogP contribution in [0.2, 0.25) is 0 Å². The normalized spacial score (nSPS) is 13.1. The second-order valence-electron chi connectivity index (χ2n) is 7.58. The summed E-state index contributed by atoms with van der Waals surface area (Å²) in [4.78, 5) is 52.8. The van der Waals surface area contributed by atoms with Crippen LogP contribution in [0.3, 0.4) is 0 Å². The van der Waals surface area contributed by atoms with Crippen molar-refractivity contribution in [3.63, 3.8) is 0 Å². The Hall–Kier alpha value is -2.54. The molecule has 35 heavy (non-hydrogen) atoms. The summed E-state index contributed by atoms with van der Waals surface area (Å²) in [5, 5.41) is 0. The summed E-state index contributed by atoms with van der Waals surface area (Å²) >= 11 is 0. The number of methoxy groups -OCH3 is 4. The van der Waals surface area contributed by atoms with E-state index in [1.54, 1.807) is 0 Å². The number of nitrogens with zero attached hydrogens (tertiary/aromatic N) is 2. The Balaban J connectivity index is 5.01. The maximum atomic E-state index is 12.6. The van der Waals surface area contributed by atoms with Gasteiger partial charge in [0.15, 0.2) is 12.2 Å².